The van der Waals surface area contributed by atoms with Crippen LogP contribution in [0.3, 0.4) is 0 Å². The van der Waals surface area contributed by atoms with Crippen molar-refractivity contribution in [3.8, 4) is 17.2 Å². The summed E-state index contributed by atoms with van der Waals surface area (Å²) in [6.07, 6.45) is 3.64. The van der Waals surface area contributed by atoms with Crippen molar-refractivity contribution in [1.29, 1.82) is 0 Å². The Morgan fingerprint density at radius 2 is 1.85 bits per heavy atom. The van der Waals surface area contributed by atoms with E-state index in [0.717, 1.165) is 31.4 Å². The van der Waals surface area contributed by atoms with Crippen molar-refractivity contribution in [2.75, 3.05) is 11.9 Å². The van der Waals surface area contributed by atoms with Gasteiger partial charge in [-0.05, 0) is 62.6 Å². The van der Waals surface area contributed by atoms with Gasteiger partial charge in [0.2, 0.25) is 5.91 Å². The van der Waals surface area contributed by atoms with Crippen LogP contribution in [0.2, 0.25) is 0 Å². The maximum Gasteiger partial charge on any atom is 0.227 e. The summed E-state index contributed by atoms with van der Waals surface area (Å²) in [5.74, 6) is 2.09. The molecule has 1 aliphatic rings. The fraction of sp³-hybridized carbons (Fsp3) is 0.381. The molecular formula is C21H26N2O3. The van der Waals surface area contributed by atoms with Crippen LogP contribution < -0.4 is 20.5 Å². The molecule has 0 heterocycles. The van der Waals surface area contributed by atoms with Crippen LogP contribution in [-0.4, -0.2) is 18.6 Å². The van der Waals surface area contributed by atoms with Crippen molar-refractivity contribution in [2.24, 2.45) is 11.7 Å². The molecule has 0 aliphatic heterocycles. The van der Waals surface area contributed by atoms with E-state index in [4.69, 9.17) is 15.2 Å². The molecule has 2 atom stereocenters. The number of nitrogens with one attached hydrogen (secondary N) is 1. The standard InChI is InChI=1S/C21H26N2O3/c1-2-25-17-10-12-18(13-11-17)26-20-9-4-3-8-19(20)23-21(24)15-6-5-7-16(22)14-15/h3-4,8-13,15-16H,2,5-7,14,22H2,1H3,(H,23,24). The maximum absolute atomic E-state index is 12.6. The summed E-state index contributed by atoms with van der Waals surface area (Å²) in [4.78, 5) is 12.6. The fourth-order valence-electron chi connectivity index (χ4n) is 3.26. The van der Waals surface area contributed by atoms with Gasteiger partial charge in [-0.15, -0.1) is 0 Å². The normalized spacial score (nSPS) is 19.6. The summed E-state index contributed by atoms with van der Waals surface area (Å²) in [5.41, 5.74) is 6.68. The number of ether oxygens (including phenoxy) is 2. The van der Waals surface area contributed by atoms with Crippen molar-refractivity contribution in [3.05, 3.63) is 48.5 Å². The van der Waals surface area contributed by atoms with Gasteiger partial charge in [0.1, 0.15) is 11.5 Å². The third-order valence-electron chi connectivity index (χ3n) is 4.59. The molecule has 138 valence electrons. The minimum absolute atomic E-state index is 0.0166. The number of hydrogen-bond donors (Lipinski definition) is 2. The van der Waals surface area contributed by atoms with Gasteiger partial charge >= 0.3 is 0 Å². The van der Waals surface area contributed by atoms with Gasteiger partial charge in [0.15, 0.2) is 5.75 Å². The molecule has 3 N–H and O–H groups in total. The van der Waals surface area contributed by atoms with Crippen LogP contribution in [0.15, 0.2) is 48.5 Å². The van der Waals surface area contributed by atoms with Crippen LogP contribution in [0.5, 0.6) is 17.2 Å². The molecular weight excluding hydrogens is 328 g/mol. The van der Waals surface area contributed by atoms with Crippen molar-refractivity contribution in [3.63, 3.8) is 0 Å². The van der Waals surface area contributed by atoms with Gasteiger partial charge in [0.25, 0.3) is 0 Å². The summed E-state index contributed by atoms with van der Waals surface area (Å²) in [5, 5.41) is 3.01. The van der Waals surface area contributed by atoms with E-state index < -0.39 is 0 Å². The summed E-state index contributed by atoms with van der Waals surface area (Å²) < 4.78 is 11.4. The molecule has 5 heteroatoms. The van der Waals surface area contributed by atoms with Crippen LogP contribution in [0.4, 0.5) is 5.69 Å². The molecule has 1 saturated carbocycles. The smallest absolute Gasteiger partial charge is 0.227 e. The third kappa shape index (κ3) is 4.76. The molecule has 3 rings (SSSR count). The molecule has 0 spiro atoms. The molecule has 26 heavy (non-hydrogen) atoms. The molecule has 1 aliphatic carbocycles. The Hall–Kier alpha value is -2.53. The lowest BCUT2D eigenvalue weighted by molar-refractivity contribution is -0.120. The van der Waals surface area contributed by atoms with Gasteiger partial charge in [0, 0.05) is 12.0 Å². The highest BCUT2D eigenvalue weighted by atomic mass is 16.5. The van der Waals surface area contributed by atoms with Crippen LogP contribution in [0.1, 0.15) is 32.6 Å². The minimum Gasteiger partial charge on any atom is -0.494 e. The molecule has 0 bridgehead atoms. The zero-order valence-electron chi connectivity index (χ0n) is 15.1. The molecule has 1 fully saturated rings. The summed E-state index contributed by atoms with van der Waals surface area (Å²) in [6.45, 7) is 2.57. The Labute approximate surface area is 154 Å². The average molecular weight is 354 g/mol. The van der Waals surface area contributed by atoms with Crippen LogP contribution in [-0.2, 0) is 4.79 Å². The van der Waals surface area contributed by atoms with Gasteiger partial charge < -0.3 is 20.5 Å². The number of nitrogens with two attached hydrogens (primary N) is 1. The van der Waals surface area contributed by atoms with E-state index in [0.29, 0.717) is 23.8 Å². The molecule has 1 amide bonds. The second kappa shape index (κ2) is 8.72. The first-order chi connectivity index (χ1) is 12.7. The van der Waals surface area contributed by atoms with E-state index >= 15 is 0 Å². The first kappa shape index (κ1) is 18.3. The summed E-state index contributed by atoms with van der Waals surface area (Å²) in [7, 11) is 0. The van der Waals surface area contributed by atoms with E-state index in [1.165, 1.54) is 0 Å². The average Bonchev–Trinajstić information content (AvgIpc) is 2.65. The summed E-state index contributed by atoms with van der Waals surface area (Å²) in [6, 6.07) is 15.0. The Balaban J connectivity index is 1.68. The molecule has 0 radical (unpaired) electrons. The van der Waals surface area contributed by atoms with E-state index in [-0.39, 0.29) is 17.9 Å². The van der Waals surface area contributed by atoms with Gasteiger partial charge in [0.05, 0.1) is 12.3 Å². The Bertz CT molecular complexity index is 730. The van der Waals surface area contributed by atoms with Crippen LogP contribution >= 0.6 is 0 Å². The molecule has 2 aromatic carbocycles. The van der Waals surface area contributed by atoms with E-state index in [1.54, 1.807) is 0 Å². The highest BCUT2D eigenvalue weighted by Crippen LogP contribution is 2.32. The quantitative estimate of drug-likeness (QED) is 0.809. The van der Waals surface area contributed by atoms with Crippen molar-refractivity contribution < 1.29 is 14.3 Å². The number of anilines is 1. The SMILES string of the molecule is CCOc1ccc(Oc2ccccc2NC(=O)C2CCCC(N)C2)cc1. The number of amides is 1. The highest BCUT2D eigenvalue weighted by Gasteiger charge is 2.25. The lowest BCUT2D eigenvalue weighted by Crippen LogP contribution is -2.34. The Morgan fingerprint density at radius 1 is 1.12 bits per heavy atom. The fourth-order valence-corrected chi connectivity index (χ4v) is 3.26. The zero-order chi connectivity index (χ0) is 18.4. The summed E-state index contributed by atoms with van der Waals surface area (Å²) >= 11 is 0. The molecule has 0 saturated heterocycles. The second-order valence-corrected chi connectivity index (χ2v) is 6.62. The monoisotopic (exact) mass is 354 g/mol. The van der Waals surface area contributed by atoms with E-state index in [2.05, 4.69) is 5.32 Å². The Kier molecular flexibility index (Phi) is 6.12. The second-order valence-electron chi connectivity index (χ2n) is 6.62. The zero-order valence-corrected chi connectivity index (χ0v) is 15.1. The van der Waals surface area contributed by atoms with E-state index in [9.17, 15) is 4.79 Å². The first-order valence-corrected chi connectivity index (χ1v) is 9.22. The highest BCUT2D eigenvalue weighted by molar-refractivity contribution is 5.94. The number of rotatable bonds is 6. The lowest BCUT2D eigenvalue weighted by Gasteiger charge is -2.26. The van der Waals surface area contributed by atoms with E-state index in [1.807, 2.05) is 55.5 Å². The number of carbonyl (C=O) groups excluding carboxylic acids is 1. The molecule has 2 unspecified atom stereocenters. The number of hydrogen-bond acceptors (Lipinski definition) is 4. The van der Waals surface area contributed by atoms with Crippen LogP contribution in [0, 0.1) is 5.92 Å². The predicted octanol–water partition coefficient (Wildman–Crippen LogP) is 4.33. The van der Waals surface area contributed by atoms with Crippen molar-refractivity contribution >= 4 is 11.6 Å². The largest absolute Gasteiger partial charge is 0.494 e. The van der Waals surface area contributed by atoms with Gasteiger partial charge in [-0.3, -0.25) is 4.79 Å². The Morgan fingerprint density at radius 3 is 2.58 bits per heavy atom. The van der Waals surface area contributed by atoms with Gasteiger partial charge in [-0.2, -0.15) is 0 Å². The maximum atomic E-state index is 12.6. The molecule has 2 aromatic rings. The predicted molar refractivity (Wildman–Crippen MR) is 103 cm³/mol. The number of carbonyl (C=O) groups is 1. The van der Waals surface area contributed by atoms with Crippen molar-refractivity contribution in [2.45, 2.75) is 38.6 Å². The lowest BCUT2D eigenvalue weighted by atomic mass is 9.85. The minimum atomic E-state index is -0.0303. The third-order valence-corrected chi connectivity index (χ3v) is 4.59. The molecule has 5 nitrogen and oxygen atoms in total. The van der Waals surface area contributed by atoms with Crippen LogP contribution in [0.25, 0.3) is 0 Å². The number of para-hydroxylation sites is 2. The number of benzene rings is 2. The van der Waals surface area contributed by atoms with Gasteiger partial charge in [-0.1, -0.05) is 18.6 Å². The molecule has 0 aromatic heterocycles. The topological polar surface area (TPSA) is 73.6 Å². The van der Waals surface area contributed by atoms with Crippen molar-refractivity contribution in [1.82, 2.24) is 0 Å². The first-order valence-electron chi connectivity index (χ1n) is 9.22. The van der Waals surface area contributed by atoms with Gasteiger partial charge in [-0.25, -0.2) is 0 Å².